The molecule has 0 aliphatic heterocycles. The summed E-state index contributed by atoms with van der Waals surface area (Å²) in [5.74, 6) is 0.678. The molecule has 41 heavy (non-hydrogen) atoms. The van der Waals surface area contributed by atoms with Crippen LogP contribution >= 0.6 is 0 Å². The SMILES string of the molecule is CCc1nc2c(C)cc(-c3nc4cccc(C)c4o3)cc2n1Cc1ccc2c(ccn2-c2ccccc2C(=O)O)c1. The number of rotatable bonds is 6. The van der Waals surface area contributed by atoms with Crippen LogP contribution in [0.2, 0.25) is 0 Å². The van der Waals surface area contributed by atoms with Crippen LogP contribution in [0.4, 0.5) is 0 Å². The van der Waals surface area contributed by atoms with E-state index in [-0.39, 0.29) is 5.56 Å². The maximum Gasteiger partial charge on any atom is 0.337 e. The first-order valence-corrected chi connectivity index (χ1v) is 13.7. The van der Waals surface area contributed by atoms with Crippen LogP contribution in [0.5, 0.6) is 0 Å². The predicted octanol–water partition coefficient (Wildman–Crippen LogP) is 7.71. The topological polar surface area (TPSA) is 86.1 Å². The van der Waals surface area contributed by atoms with Crippen molar-refractivity contribution in [1.29, 1.82) is 0 Å². The van der Waals surface area contributed by atoms with Crippen LogP contribution in [0.1, 0.15) is 39.8 Å². The van der Waals surface area contributed by atoms with E-state index in [4.69, 9.17) is 14.4 Å². The number of para-hydroxylation sites is 2. The summed E-state index contributed by atoms with van der Waals surface area (Å²) in [6.07, 6.45) is 2.73. The number of carboxylic acid groups (broad SMARTS) is 1. The van der Waals surface area contributed by atoms with E-state index in [2.05, 4.69) is 48.7 Å². The molecule has 4 aromatic carbocycles. The molecule has 0 fully saturated rings. The van der Waals surface area contributed by atoms with Gasteiger partial charge in [0.1, 0.15) is 11.3 Å². The minimum Gasteiger partial charge on any atom is -0.478 e. The van der Waals surface area contributed by atoms with Crippen molar-refractivity contribution in [2.24, 2.45) is 0 Å². The fourth-order valence-electron chi connectivity index (χ4n) is 5.77. The van der Waals surface area contributed by atoms with E-state index in [0.717, 1.165) is 67.5 Å². The molecule has 202 valence electrons. The zero-order valence-corrected chi connectivity index (χ0v) is 23.0. The number of carboxylic acids is 1. The molecule has 0 aliphatic carbocycles. The first-order valence-electron chi connectivity index (χ1n) is 13.7. The first kappa shape index (κ1) is 24.8. The van der Waals surface area contributed by atoms with Gasteiger partial charge in [-0.2, -0.15) is 0 Å². The molecular formula is C34H28N4O3. The number of carbonyl (C=O) groups is 1. The Balaban J connectivity index is 1.30. The van der Waals surface area contributed by atoms with Crippen molar-refractivity contribution in [3.63, 3.8) is 0 Å². The summed E-state index contributed by atoms with van der Waals surface area (Å²) in [5.41, 5.74) is 9.78. The lowest BCUT2D eigenvalue weighted by molar-refractivity contribution is 0.0697. The fourth-order valence-corrected chi connectivity index (χ4v) is 5.77. The minimum absolute atomic E-state index is 0.270. The van der Waals surface area contributed by atoms with E-state index in [0.29, 0.717) is 18.1 Å². The van der Waals surface area contributed by atoms with E-state index < -0.39 is 5.97 Å². The van der Waals surface area contributed by atoms with E-state index >= 15 is 0 Å². The Kier molecular flexibility index (Phi) is 5.75. The Labute approximate surface area is 236 Å². The molecule has 0 saturated heterocycles. The normalized spacial score (nSPS) is 11.7. The Morgan fingerprint density at radius 1 is 0.902 bits per heavy atom. The molecule has 0 radical (unpaired) electrons. The number of oxazole rings is 1. The highest BCUT2D eigenvalue weighted by Crippen LogP contribution is 2.32. The zero-order valence-electron chi connectivity index (χ0n) is 23.0. The van der Waals surface area contributed by atoms with Gasteiger partial charge in [0.2, 0.25) is 5.89 Å². The van der Waals surface area contributed by atoms with Gasteiger partial charge in [-0.25, -0.2) is 14.8 Å². The monoisotopic (exact) mass is 540 g/mol. The molecule has 3 aromatic heterocycles. The summed E-state index contributed by atoms with van der Waals surface area (Å²) in [4.78, 5) is 21.6. The van der Waals surface area contributed by atoms with Gasteiger partial charge in [0.05, 0.1) is 27.8 Å². The lowest BCUT2D eigenvalue weighted by Gasteiger charge is -2.11. The molecule has 0 saturated carbocycles. The van der Waals surface area contributed by atoms with Gasteiger partial charge in [-0.3, -0.25) is 0 Å². The van der Waals surface area contributed by atoms with Gasteiger partial charge in [0.25, 0.3) is 0 Å². The van der Waals surface area contributed by atoms with Crippen LogP contribution in [0.3, 0.4) is 0 Å². The average molecular weight is 541 g/mol. The van der Waals surface area contributed by atoms with Gasteiger partial charge in [-0.15, -0.1) is 0 Å². The standard InChI is InChI=1S/C34H28N4O3/c1-4-30-36-31-21(3)16-24(33-35-26-10-7-8-20(2)32(26)41-33)18-29(31)38(30)19-22-12-13-27-23(17-22)14-15-37(27)28-11-6-5-9-25(28)34(39)40/h5-18H,4,19H2,1-3H3,(H,39,40). The van der Waals surface area contributed by atoms with Gasteiger partial charge in [-0.05, 0) is 79.1 Å². The lowest BCUT2D eigenvalue weighted by atomic mass is 10.1. The Hall–Kier alpha value is -5.17. The summed E-state index contributed by atoms with van der Waals surface area (Å²) in [6, 6.07) is 25.7. The summed E-state index contributed by atoms with van der Waals surface area (Å²) in [6.45, 7) is 6.90. The number of imidazole rings is 1. The quantitative estimate of drug-likeness (QED) is 0.233. The molecule has 0 spiro atoms. The molecule has 7 heteroatoms. The summed E-state index contributed by atoms with van der Waals surface area (Å²) < 4.78 is 10.4. The summed E-state index contributed by atoms with van der Waals surface area (Å²) in [7, 11) is 0. The van der Waals surface area contributed by atoms with E-state index in [1.807, 2.05) is 54.1 Å². The minimum atomic E-state index is -0.944. The predicted molar refractivity (Wildman–Crippen MR) is 161 cm³/mol. The van der Waals surface area contributed by atoms with Crippen molar-refractivity contribution in [2.75, 3.05) is 0 Å². The van der Waals surface area contributed by atoms with E-state index in [1.54, 1.807) is 12.1 Å². The molecule has 7 aromatic rings. The zero-order chi connectivity index (χ0) is 28.2. The molecule has 7 nitrogen and oxygen atoms in total. The number of hydrogen-bond donors (Lipinski definition) is 1. The van der Waals surface area contributed by atoms with Crippen LogP contribution in [0, 0.1) is 13.8 Å². The number of aryl methyl sites for hydroxylation is 3. The van der Waals surface area contributed by atoms with Gasteiger partial charge in [0, 0.05) is 30.1 Å². The summed E-state index contributed by atoms with van der Waals surface area (Å²) >= 11 is 0. The van der Waals surface area contributed by atoms with Gasteiger partial charge >= 0.3 is 5.97 Å². The smallest absolute Gasteiger partial charge is 0.337 e. The third kappa shape index (κ3) is 4.09. The summed E-state index contributed by atoms with van der Waals surface area (Å²) in [5, 5.41) is 10.7. The van der Waals surface area contributed by atoms with E-state index in [9.17, 15) is 9.90 Å². The van der Waals surface area contributed by atoms with Crippen LogP contribution in [0.15, 0.2) is 89.5 Å². The van der Waals surface area contributed by atoms with Crippen molar-refractivity contribution in [1.82, 2.24) is 19.1 Å². The van der Waals surface area contributed by atoms with E-state index in [1.165, 1.54) is 0 Å². The second-order valence-corrected chi connectivity index (χ2v) is 10.5. The molecule has 1 N–H and O–H groups in total. The molecule has 0 bridgehead atoms. The molecule has 7 rings (SSSR count). The second-order valence-electron chi connectivity index (χ2n) is 10.5. The fraction of sp³-hybridized carbons (Fsp3) is 0.147. The molecular weight excluding hydrogens is 512 g/mol. The average Bonchev–Trinajstić information content (AvgIpc) is 3.69. The van der Waals surface area contributed by atoms with Crippen LogP contribution in [-0.4, -0.2) is 30.2 Å². The van der Waals surface area contributed by atoms with Gasteiger partial charge < -0.3 is 18.7 Å². The highest BCUT2D eigenvalue weighted by molar-refractivity contribution is 5.94. The number of aromatic carboxylic acids is 1. The third-order valence-electron chi connectivity index (χ3n) is 7.79. The van der Waals surface area contributed by atoms with Crippen molar-refractivity contribution < 1.29 is 14.3 Å². The number of aromatic nitrogens is 4. The maximum atomic E-state index is 11.8. The molecule has 0 amide bonds. The largest absolute Gasteiger partial charge is 0.478 e. The second kappa shape index (κ2) is 9.48. The van der Waals surface area contributed by atoms with Crippen LogP contribution in [0.25, 0.3) is 50.2 Å². The Bertz CT molecular complexity index is 2130. The van der Waals surface area contributed by atoms with Crippen LogP contribution in [-0.2, 0) is 13.0 Å². The molecule has 3 heterocycles. The first-order chi connectivity index (χ1) is 19.9. The number of benzene rings is 4. The Morgan fingerprint density at radius 3 is 2.56 bits per heavy atom. The van der Waals surface area contributed by atoms with Crippen LogP contribution < -0.4 is 0 Å². The molecule has 0 unspecified atom stereocenters. The number of nitrogens with zero attached hydrogens (tertiary/aromatic N) is 4. The van der Waals surface area contributed by atoms with Crippen molar-refractivity contribution in [3.05, 3.63) is 113 Å². The highest BCUT2D eigenvalue weighted by Gasteiger charge is 2.18. The number of hydrogen-bond acceptors (Lipinski definition) is 4. The molecule has 0 aliphatic rings. The van der Waals surface area contributed by atoms with Gasteiger partial charge in [0.15, 0.2) is 5.58 Å². The maximum absolute atomic E-state index is 11.8. The Morgan fingerprint density at radius 2 is 1.76 bits per heavy atom. The van der Waals surface area contributed by atoms with Crippen molar-refractivity contribution in [3.8, 4) is 17.1 Å². The van der Waals surface area contributed by atoms with Crippen molar-refractivity contribution >= 4 is 39.0 Å². The number of fused-ring (bicyclic) bond motifs is 3. The van der Waals surface area contributed by atoms with Gasteiger partial charge in [-0.1, -0.05) is 37.3 Å². The lowest BCUT2D eigenvalue weighted by Crippen LogP contribution is -2.05. The third-order valence-corrected chi connectivity index (χ3v) is 7.79. The van der Waals surface area contributed by atoms with Crippen molar-refractivity contribution in [2.45, 2.75) is 33.7 Å². The molecule has 0 atom stereocenters. The highest BCUT2D eigenvalue weighted by atomic mass is 16.4.